The van der Waals surface area contributed by atoms with Crippen LogP contribution in [0.2, 0.25) is 0 Å². The van der Waals surface area contributed by atoms with Gasteiger partial charge in [-0.05, 0) is 82.0 Å². The summed E-state index contributed by atoms with van der Waals surface area (Å²) >= 11 is 3.52. The van der Waals surface area contributed by atoms with Crippen molar-refractivity contribution in [1.29, 1.82) is 0 Å². The lowest BCUT2D eigenvalue weighted by molar-refractivity contribution is -0.200. The van der Waals surface area contributed by atoms with Gasteiger partial charge in [-0.25, -0.2) is 15.1 Å². The van der Waals surface area contributed by atoms with E-state index >= 15 is 0 Å². The van der Waals surface area contributed by atoms with Crippen molar-refractivity contribution in [2.75, 3.05) is 24.2 Å². The van der Waals surface area contributed by atoms with E-state index in [1.807, 2.05) is 36.0 Å². The first kappa shape index (κ1) is 30.4. The van der Waals surface area contributed by atoms with Crippen LogP contribution < -0.4 is 16.1 Å². The van der Waals surface area contributed by atoms with Crippen LogP contribution in [0.1, 0.15) is 70.6 Å². The molecule has 1 unspecified atom stereocenters. The SMILES string of the molecule is CC(C)(C)OC(=O)NCC(=O)Nc1cccc(-c2ccc([C@@]3(CC(=O)NOC4CCCCO4)CCCCS3)s2)c1. The third kappa shape index (κ3) is 8.95. The molecule has 4 rings (SSSR count). The highest BCUT2D eigenvalue weighted by molar-refractivity contribution is 8.00. The summed E-state index contributed by atoms with van der Waals surface area (Å²) in [6, 6.07) is 11.8. The second-order valence-electron chi connectivity index (χ2n) is 11.1. The summed E-state index contributed by atoms with van der Waals surface area (Å²) < 4.78 is 10.4. The van der Waals surface area contributed by atoms with E-state index in [9.17, 15) is 14.4 Å². The van der Waals surface area contributed by atoms with Crippen LogP contribution in [-0.4, -0.2) is 48.7 Å². The molecule has 2 aromatic rings. The summed E-state index contributed by atoms with van der Waals surface area (Å²) in [5, 5.41) is 5.30. The Bertz CT molecular complexity index is 1170. The van der Waals surface area contributed by atoms with Crippen LogP contribution in [0.3, 0.4) is 0 Å². The van der Waals surface area contributed by atoms with E-state index in [2.05, 4.69) is 28.2 Å². The number of thioether (sulfide) groups is 1. The number of rotatable bonds is 9. The smallest absolute Gasteiger partial charge is 0.408 e. The Morgan fingerprint density at radius 3 is 2.65 bits per heavy atom. The Hall–Kier alpha value is -2.60. The van der Waals surface area contributed by atoms with Gasteiger partial charge in [-0.1, -0.05) is 18.6 Å². The van der Waals surface area contributed by atoms with Crippen molar-refractivity contribution in [2.24, 2.45) is 0 Å². The Balaban J connectivity index is 1.38. The van der Waals surface area contributed by atoms with E-state index in [1.165, 1.54) is 0 Å². The Kier molecular flexibility index (Phi) is 10.5. The van der Waals surface area contributed by atoms with Crippen molar-refractivity contribution in [3.8, 4) is 10.4 Å². The molecule has 0 spiro atoms. The number of ether oxygens (including phenoxy) is 2. The van der Waals surface area contributed by atoms with E-state index < -0.39 is 11.7 Å². The fourth-order valence-corrected chi connectivity index (χ4v) is 7.55. The minimum Gasteiger partial charge on any atom is -0.444 e. The van der Waals surface area contributed by atoms with Crippen molar-refractivity contribution in [3.63, 3.8) is 0 Å². The number of hydrogen-bond donors (Lipinski definition) is 3. The minimum atomic E-state index is -0.639. The van der Waals surface area contributed by atoms with E-state index in [0.717, 1.165) is 59.6 Å². The topological polar surface area (TPSA) is 115 Å². The molecule has 1 aromatic carbocycles. The van der Waals surface area contributed by atoms with Gasteiger partial charge in [0.25, 0.3) is 0 Å². The summed E-state index contributed by atoms with van der Waals surface area (Å²) in [5.74, 6) is 0.522. The highest BCUT2D eigenvalue weighted by atomic mass is 32.2. The molecule has 3 N–H and O–H groups in total. The van der Waals surface area contributed by atoms with Crippen LogP contribution in [-0.2, 0) is 28.6 Å². The number of carbonyl (C=O) groups excluding carboxylic acids is 3. The molecule has 2 saturated heterocycles. The molecule has 2 fully saturated rings. The molecular weight excluding hydrogens is 550 g/mol. The third-order valence-corrected chi connectivity index (χ3v) is 9.60. The first-order valence-corrected chi connectivity index (χ1v) is 15.6. The van der Waals surface area contributed by atoms with Gasteiger partial charge in [0.2, 0.25) is 11.8 Å². The molecule has 1 aromatic heterocycles. The Morgan fingerprint density at radius 1 is 1.07 bits per heavy atom. The first-order valence-electron chi connectivity index (χ1n) is 13.8. The Labute approximate surface area is 244 Å². The van der Waals surface area contributed by atoms with Crippen molar-refractivity contribution in [3.05, 3.63) is 41.3 Å². The predicted octanol–water partition coefficient (Wildman–Crippen LogP) is 5.96. The van der Waals surface area contributed by atoms with Crippen LogP contribution in [0.25, 0.3) is 10.4 Å². The quantitative estimate of drug-likeness (QED) is 0.310. The predicted molar refractivity (Wildman–Crippen MR) is 158 cm³/mol. The van der Waals surface area contributed by atoms with Crippen molar-refractivity contribution in [2.45, 2.75) is 82.4 Å². The number of thiophene rings is 1. The van der Waals surface area contributed by atoms with E-state index in [0.29, 0.717) is 18.7 Å². The van der Waals surface area contributed by atoms with Crippen molar-refractivity contribution < 1.29 is 28.7 Å². The second-order valence-corrected chi connectivity index (χ2v) is 13.6. The van der Waals surface area contributed by atoms with Crippen LogP contribution in [0, 0.1) is 0 Å². The fraction of sp³-hybridized carbons (Fsp3) is 0.552. The van der Waals surface area contributed by atoms with Crippen molar-refractivity contribution >= 4 is 46.7 Å². The summed E-state index contributed by atoms with van der Waals surface area (Å²) in [5.41, 5.74) is 3.60. The molecule has 40 heavy (non-hydrogen) atoms. The van der Waals surface area contributed by atoms with Gasteiger partial charge in [0, 0.05) is 34.9 Å². The van der Waals surface area contributed by atoms with Gasteiger partial charge in [-0.15, -0.1) is 23.1 Å². The molecule has 0 radical (unpaired) electrons. The number of alkyl carbamates (subject to hydrolysis) is 1. The van der Waals surface area contributed by atoms with E-state index in [1.54, 1.807) is 32.1 Å². The molecule has 2 atom stereocenters. The molecule has 2 aliphatic rings. The molecule has 11 heteroatoms. The van der Waals surface area contributed by atoms with Gasteiger partial charge in [0.1, 0.15) is 12.1 Å². The Morgan fingerprint density at radius 2 is 1.93 bits per heavy atom. The molecule has 9 nitrogen and oxygen atoms in total. The zero-order chi connectivity index (χ0) is 28.6. The third-order valence-electron chi connectivity index (χ3n) is 6.52. The molecule has 0 aliphatic carbocycles. The maximum Gasteiger partial charge on any atom is 0.408 e. The minimum absolute atomic E-state index is 0.136. The molecule has 0 saturated carbocycles. The number of amides is 3. The monoisotopic (exact) mass is 589 g/mol. The average Bonchev–Trinajstić information content (AvgIpc) is 3.43. The van der Waals surface area contributed by atoms with Gasteiger partial charge in [-0.3, -0.25) is 9.59 Å². The number of hydrogen-bond acceptors (Lipinski definition) is 8. The largest absolute Gasteiger partial charge is 0.444 e. The van der Waals surface area contributed by atoms with Crippen LogP contribution in [0.4, 0.5) is 10.5 Å². The van der Waals surface area contributed by atoms with E-state index in [4.69, 9.17) is 14.3 Å². The first-order chi connectivity index (χ1) is 19.1. The van der Waals surface area contributed by atoms with Gasteiger partial charge >= 0.3 is 6.09 Å². The van der Waals surface area contributed by atoms with Crippen molar-refractivity contribution in [1.82, 2.24) is 10.8 Å². The number of carbonyl (C=O) groups is 3. The summed E-state index contributed by atoms with van der Waals surface area (Å²) in [6.45, 7) is 5.76. The summed E-state index contributed by atoms with van der Waals surface area (Å²) in [7, 11) is 0. The van der Waals surface area contributed by atoms with Gasteiger partial charge < -0.3 is 20.1 Å². The van der Waals surface area contributed by atoms with Crippen LogP contribution >= 0.6 is 23.1 Å². The highest BCUT2D eigenvalue weighted by Crippen LogP contribution is 2.51. The highest BCUT2D eigenvalue weighted by Gasteiger charge is 2.38. The fourth-order valence-electron chi connectivity index (χ4n) is 4.66. The maximum atomic E-state index is 12.9. The van der Waals surface area contributed by atoms with Crippen LogP contribution in [0.5, 0.6) is 0 Å². The maximum absolute atomic E-state index is 12.9. The molecule has 218 valence electrons. The lowest BCUT2D eigenvalue weighted by atomic mass is 9.94. The lowest BCUT2D eigenvalue weighted by Crippen LogP contribution is -2.37. The van der Waals surface area contributed by atoms with Gasteiger partial charge in [0.05, 0.1) is 4.75 Å². The number of benzene rings is 1. The summed E-state index contributed by atoms with van der Waals surface area (Å²) in [4.78, 5) is 44.9. The molecule has 3 heterocycles. The number of nitrogens with one attached hydrogen (secondary N) is 3. The number of hydroxylamine groups is 1. The molecule has 0 bridgehead atoms. The molecule has 3 amide bonds. The normalized spacial score (nSPS) is 21.3. The van der Waals surface area contributed by atoms with Gasteiger partial charge in [-0.2, -0.15) is 0 Å². The number of anilines is 1. The standard InChI is InChI=1S/C29H39N3O6S2/c1-28(2,3)37-27(35)30-19-25(34)31-21-10-8-9-20(17-21)22-12-13-23(40-22)29(14-5-7-16-39-29)18-24(33)32-38-26-11-4-6-15-36-26/h8-10,12-13,17,26H,4-7,11,14-16,18-19H2,1-3H3,(H,30,35)(H,31,34)(H,32,33)/t26?,29-/m0/s1. The zero-order valence-electron chi connectivity index (χ0n) is 23.4. The second kappa shape index (κ2) is 13.8. The average molecular weight is 590 g/mol. The summed E-state index contributed by atoms with van der Waals surface area (Å²) in [6.07, 6.45) is 5.30. The molecular formula is C29H39N3O6S2. The molecule has 2 aliphatic heterocycles. The van der Waals surface area contributed by atoms with Gasteiger partial charge in [0.15, 0.2) is 6.29 Å². The zero-order valence-corrected chi connectivity index (χ0v) is 25.0. The lowest BCUT2D eigenvalue weighted by Gasteiger charge is -2.35. The van der Waals surface area contributed by atoms with E-state index in [-0.39, 0.29) is 29.4 Å². The van der Waals surface area contributed by atoms with Crippen LogP contribution in [0.15, 0.2) is 36.4 Å².